The van der Waals surface area contributed by atoms with Gasteiger partial charge in [0.05, 0.1) is 23.9 Å². The molecule has 2 aliphatic heterocycles. The highest BCUT2D eigenvalue weighted by Crippen LogP contribution is 2.27. The zero-order valence-electron chi connectivity index (χ0n) is 17.0. The van der Waals surface area contributed by atoms with Crippen LogP contribution < -0.4 is 20.9 Å². The van der Waals surface area contributed by atoms with Gasteiger partial charge in [-0.2, -0.15) is 0 Å². The Bertz CT molecular complexity index is 982. The molecule has 2 saturated heterocycles. The first kappa shape index (κ1) is 19.2. The Balaban J connectivity index is 1.41. The minimum atomic E-state index is 0.120. The summed E-state index contributed by atoms with van der Waals surface area (Å²) in [6, 6.07) is 10.6. The molecule has 0 saturated carbocycles. The third kappa shape index (κ3) is 4.21. The summed E-state index contributed by atoms with van der Waals surface area (Å²) < 4.78 is 5.80. The smallest absolute Gasteiger partial charge is 0.154 e. The molecule has 3 N–H and O–H groups in total. The Labute approximate surface area is 176 Å². The molecule has 0 spiro atoms. The van der Waals surface area contributed by atoms with Crippen LogP contribution in [0.5, 0.6) is 0 Å². The summed E-state index contributed by atoms with van der Waals surface area (Å²) in [5.41, 5.74) is 4.82. The molecular weight excluding hydrogens is 378 g/mol. The van der Waals surface area contributed by atoms with Crippen molar-refractivity contribution in [2.24, 2.45) is 0 Å². The summed E-state index contributed by atoms with van der Waals surface area (Å²) in [7, 11) is 0. The van der Waals surface area contributed by atoms with Crippen molar-refractivity contribution in [1.29, 1.82) is 0 Å². The number of nitrogens with one attached hydrogen (secondary N) is 3. The zero-order valence-corrected chi connectivity index (χ0v) is 17.0. The summed E-state index contributed by atoms with van der Waals surface area (Å²) in [4.78, 5) is 16.3. The first-order valence-electron chi connectivity index (χ1n) is 10.6. The van der Waals surface area contributed by atoms with Crippen molar-refractivity contribution < 1.29 is 4.74 Å². The van der Waals surface area contributed by atoms with E-state index in [1.54, 1.807) is 12.4 Å². The van der Waals surface area contributed by atoms with Crippen molar-refractivity contribution >= 4 is 22.5 Å². The van der Waals surface area contributed by atoms with Crippen LogP contribution in [0.1, 0.15) is 0 Å². The summed E-state index contributed by atoms with van der Waals surface area (Å²) in [5, 5.41) is 10.2. The molecule has 2 aromatic heterocycles. The van der Waals surface area contributed by atoms with Crippen molar-refractivity contribution in [1.82, 2.24) is 25.6 Å². The molecule has 0 aliphatic carbocycles. The van der Waals surface area contributed by atoms with Crippen molar-refractivity contribution in [2.45, 2.75) is 6.10 Å². The number of fused-ring (bicyclic) bond motifs is 1. The number of hydrogen-bond donors (Lipinski definition) is 3. The lowest BCUT2D eigenvalue weighted by Gasteiger charge is -2.29. The van der Waals surface area contributed by atoms with Crippen LogP contribution in [-0.2, 0) is 4.74 Å². The summed E-state index contributed by atoms with van der Waals surface area (Å²) in [6.07, 6.45) is 3.54. The first-order chi connectivity index (χ1) is 14.9. The predicted octanol–water partition coefficient (Wildman–Crippen LogP) is 1.50. The molecule has 8 nitrogen and oxygen atoms in total. The number of morpholine rings is 1. The van der Waals surface area contributed by atoms with E-state index in [2.05, 4.69) is 55.1 Å². The summed E-state index contributed by atoms with van der Waals surface area (Å²) in [5.74, 6) is 0.746. The van der Waals surface area contributed by atoms with Gasteiger partial charge in [0.25, 0.3) is 0 Å². The van der Waals surface area contributed by atoms with Crippen LogP contribution in [0.25, 0.3) is 22.3 Å². The van der Waals surface area contributed by atoms with Crippen molar-refractivity contribution in [3.63, 3.8) is 0 Å². The van der Waals surface area contributed by atoms with Gasteiger partial charge in [-0.25, -0.2) is 9.97 Å². The molecule has 1 aromatic carbocycles. The van der Waals surface area contributed by atoms with Crippen LogP contribution in [0.15, 0.2) is 42.7 Å². The number of pyridine rings is 1. The monoisotopic (exact) mass is 405 g/mol. The Hall–Kier alpha value is -2.81. The number of benzene rings is 1. The van der Waals surface area contributed by atoms with E-state index >= 15 is 0 Å². The maximum atomic E-state index is 5.80. The number of anilines is 2. The standard InChI is InChI=1S/C22H27N7O/c1-3-17(29-10-7-23-8-11-29)4-2-16(1)19-13-20-21(26-6-5-25-20)22(28-19)27-15-18-14-24-9-12-30-18/h1-6,13,18,23-24H,7-12,14-15H2,(H,27,28)/t18-/m0/s1. The number of nitrogens with zero attached hydrogens (tertiary/aromatic N) is 4. The molecule has 8 heteroatoms. The van der Waals surface area contributed by atoms with Gasteiger partial charge in [0.15, 0.2) is 5.82 Å². The molecule has 30 heavy (non-hydrogen) atoms. The Morgan fingerprint density at radius 3 is 2.67 bits per heavy atom. The molecule has 156 valence electrons. The molecule has 5 rings (SSSR count). The second-order valence-electron chi connectivity index (χ2n) is 7.64. The van der Waals surface area contributed by atoms with Crippen LogP contribution in [0, 0.1) is 0 Å². The van der Waals surface area contributed by atoms with Gasteiger partial charge in [0, 0.05) is 69.5 Å². The van der Waals surface area contributed by atoms with Gasteiger partial charge in [0.1, 0.15) is 5.52 Å². The topological polar surface area (TPSA) is 87.2 Å². The maximum Gasteiger partial charge on any atom is 0.154 e. The van der Waals surface area contributed by atoms with Crippen LogP contribution in [0.4, 0.5) is 11.5 Å². The van der Waals surface area contributed by atoms with Crippen molar-refractivity contribution in [3.05, 3.63) is 42.7 Å². The Morgan fingerprint density at radius 1 is 1.03 bits per heavy atom. The van der Waals surface area contributed by atoms with Gasteiger partial charge < -0.3 is 25.6 Å². The number of hydrogen-bond acceptors (Lipinski definition) is 8. The van der Waals surface area contributed by atoms with Crippen molar-refractivity contribution in [2.75, 3.05) is 62.6 Å². The van der Waals surface area contributed by atoms with E-state index in [1.807, 2.05) is 6.07 Å². The Kier molecular flexibility index (Phi) is 5.69. The second kappa shape index (κ2) is 8.91. The number of ether oxygens (including phenoxy) is 1. The fraction of sp³-hybridized carbons (Fsp3) is 0.409. The van der Waals surface area contributed by atoms with E-state index in [4.69, 9.17) is 9.72 Å². The van der Waals surface area contributed by atoms with Gasteiger partial charge in [0.2, 0.25) is 0 Å². The van der Waals surface area contributed by atoms with E-state index in [0.717, 1.165) is 74.0 Å². The van der Waals surface area contributed by atoms with Crippen LogP contribution in [0.2, 0.25) is 0 Å². The molecule has 0 bridgehead atoms. The maximum absolute atomic E-state index is 5.80. The average Bonchev–Trinajstić information content (AvgIpc) is 2.84. The number of piperazine rings is 1. The van der Waals surface area contributed by atoms with Gasteiger partial charge in [-0.05, 0) is 18.2 Å². The van der Waals surface area contributed by atoms with E-state index < -0.39 is 0 Å². The van der Waals surface area contributed by atoms with E-state index in [9.17, 15) is 0 Å². The largest absolute Gasteiger partial charge is 0.374 e. The number of rotatable bonds is 5. The second-order valence-corrected chi connectivity index (χ2v) is 7.64. The third-order valence-corrected chi connectivity index (χ3v) is 5.60. The molecule has 2 fully saturated rings. The molecule has 4 heterocycles. The van der Waals surface area contributed by atoms with Gasteiger partial charge >= 0.3 is 0 Å². The molecular formula is C22H27N7O. The fourth-order valence-electron chi connectivity index (χ4n) is 3.97. The molecule has 2 aliphatic rings. The van der Waals surface area contributed by atoms with Gasteiger partial charge in [-0.1, -0.05) is 12.1 Å². The fourth-order valence-corrected chi connectivity index (χ4v) is 3.97. The lowest BCUT2D eigenvalue weighted by molar-refractivity contribution is 0.0372. The van der Waals surface area contributed by atoms with Crippen LogP contribution in [-0.4, -0.2) is 73.5 Å². The quantitative estimate of drug-likeness (QED) is 0.589. The minimum Gasteiger partial charge on any atom is -0.374 e. The average molecular weight is 406 g/mol. The minimum absolute atomic E-state index is 0.120. The lowest BCUT2D eigenvalue weighted by atomic mass is 10.1. The van der Waals surface area contributed by atoms with Gasteiger partial charge in [-0.15, -0.1) is 0 Å². The van der Waals surface area contributed by atoms with Crippen LogP contribution >= 0.6 is 0 Å². The predicted molar refractivity (Wildman–Crippen MR) is 119 cm³/mol. The third-order valence-electron chi connectivity index (χ3n) is 5.60. The molecule has 0 radical (unpaired) electrons. The highest BCUT2D eigenvalue weighted by molar-refractivity contribution is 5.88. The highest BCUT2D eigenvalue weighted by atomic mass is 16.5. The van der Waals surface area contributed by atoms with Crippen molar-refractivity contribution in [3.8, 4) is 11.3 Å². The van der Waals surface area contributed by atoms with Gasteiger partial charge in [-0.3, -0.25) is 4.98 Å². The molecule has 3 aromatic rings. The highest BCUT2D eigenvalue weighted by Gasteiger charge is 2.16. The van der Waals surface area contributed by atoms with E-state index in [1.165, 1.54) is 5.69 Å². The summed E-state index contributed by atoms with van der Waals surface area (Å²) >= 11 is 0. The number of aromatic nitrogens is 3. The summed E-state index contributed by atoms with van der Waals surface area (Å²) in [6.45, 7) is 7.29. The normalized spacial score (nSPS) is 19.7. The SMILES string of the molecule is c1cnc2c(NC[C@@H]3CNCCO3)nc(-c3ccc(N4CCNCC4)cc3)cc2n1. The molecule has 0 amide bonds. The van der Waals surface area contributed by atoms with Crippen LogP contribution in [0.3, 0.4) is 0 Å². The first-order valence-corrected chi connectivity index (χ1v) is 10.6. The zero-order chi connectivity index (χ0) is 20.2. The molecule has 0 unspecified atom stereocenters. The lowest BCUT2D eigenvalue weighted by Crippen LogP contribution is -2.43. The van der Waals surface area contributed by atoms with E-state index in [-0.39, 0.29) is 6.10 Å². The molecule has 1 atom stereocenters. The Morgan fingerprint density at radius 2 is 1.87 bits per heavy atom. The van der Waals surface area contributed by atoms with E-state index in [0.29, 0.717) is 6.54 Å².